The predicted molar refractivity (Wildman–Crippen MR) is 115 cm³/mol. The Bertz CT molecular complexity index is 1130. The number of nitrogens with one attached hydrogen (secondary N) is 1. The normalized spacial score (nSPS) is 20.1. The molecule has 1 saturated heterocycles. The van der Waals surface area contributed by atoms with E-state index in [0.29, 0.717) is 13.0 Å². The van der Waals surface area contributed by atoms with Crippen LogP contribution in [0.15, 0.2) is 78.2 Å². The van der Waals surface area contributed by atoms with Crippen LogP contribution < -0.4 is 5.32 Å². The van der Waals surface area contributed by atoms with Crippen molar-refractivity contribution in [3.05, 3.63) is 95.6 Å². The molecule has 0 aliphatic carbocycles. The number of fused-ring (bicyclic) bond motifs is 1. The molecule has 0 spiro atoms. The average molecular weight is 411 g/mol. The summed E-state index contributed by atoms with van der Waals surface area (Å²) in [5.74, 6) is -0.257. The Morgan fingerprint density at radius 1 is 1.10 bits per heavy atom. The zero-order valence-electron chi connectivity index (χ0n) is 16.8. The van der Waals surface area contributed by atoms with Crippen molar-refractivity contribution in [2.24, 2.45) is 4.99 Å². The lowest BCUT2D eigenvalue weighted by molar-refractivity contribution is -0.156. The van der Waals surface area contributed by atoms with Crippen LogP contribution in [0.5, 0.6) is 0 Å². The van der Waals surface area contributed by atoms with E-state index in [-0.39, 0.29) is 23.9 Å². The molecule has 1 aromatic heterocycles. The van der Waals surface area contributed by atoms with E-state index in [1.807, 2.05) is 60.7 Å². The molecule has 0 bridgehead atoms. The summed E-state index contributed by atoms with van der Waals surface area (Å²) in [6.45, 7) is 0.306. The number of nitrogens with zero attached hydrogens (tertiary/aromatic N) is 4. The molecule has 5 rings (SSSR count). The smallest absolute Gasteiger partial charge is 0.247 e. The number of rotatable bonds is 6. The van der Waals surface area contributed by atoms with E-state index in [0.717, 1.165) is 22.4 Å². The van der Waals surface area contributed by atoms with Gasteiger partial charge in [0.25, 0.3) is 0 Å². The molecule has 1 N–H and O–H groups in total. The lowest BCUT2D eigenvalue weighted by atomic mass is 9.89. The Morgan fingerprint density at radius 2 is 1.84 bits per heavy atom. The molecular formula is C24H21N5O2. The highest BCUT2D eigenvalue weighted by atomic mass is 16.2. The van der Waals surface area contributed by atoms with Crippen molar-refractivity contribution in [1.82, 2.24) is 20.2 Å². The molecule has 2 aliphatic rings. The number of likely N-dealkylation sites (tertiary alicyclic amines) is 1. The molecule has 3 heterocycles. The van der Waals surface area contributed by atoms with Crippen molar-refractivity contribution >= 4 is 18.0 Å². The molecule has 3 aromatic rings. The van der Waals surface area contributed by atoms with E-state index >= 15 is 0 Å². The van der Waals surface area contributed by atoms with Crippen LogP contribution in [0, 0.1) is 0 Å². The van der Waals surface area contributed by atoms with Gasteiger partial charge in [0.1, 0.15) is 18.4 Å². The van der Waals surface area contributed by atoms with Crippen molar-refractivity contribution in [3.63, 3.8) is 0 Å². The maximum absolute atomic E-state index is 13.4. The molecular weight excluding hydrogens is 390 g/mol. The minimum Gasteiger partial charge on any atom is -0.351 e. The van der Waals surface area contributed by atoms with Gasteiger partial charge in [-0.1, -0.05) is 60.7 Å². The first kappa shape index (κ1) is 19.1. The van der Waals surface area contributed by atoms with Crippen LogP contribution in [0.25, 0.3) is 0 Å². The van der Waals surface area contributed by atoms with Crippen LogP contribution in [-0.4, -0.2) is 39.4 Å². The molecule has 2 aromatic carbocycles. The van der Waals surface area contributed by atoms with Gasteiger partial charge in [-0.3, -0.25) is 14.6 Å². The van der Waals surface area contributed by atoms with E-state index in [1.165, 1.54) is 6.33 Å². The topological polar surface area (TPSA) is 87.6 Å². The third kappa shape index (κ3) is 3.59. The van der Waals surface area contributed by atoms with Crippen molar-refractivity contribution in [1.29, 1.82) is 0 Å². The summed E-state index contributed by atoms with van der Waals surface area (Å²) < 4.78 is 0. The number of carbonyl (C=O) groups is 2. The Kier molecular flexibility index (Phi) is 5.00. The predicted octanol–water partition coefficient (Wildman–Crippen LogP) is 2.78. The quantitative estimate of drug-likeness (QED) is 0.632. The minimum absolute atomic E-state index is 0.0326. The van der Waals surface area contributed by atoms with Gasteiger partial charge in [-0.25, -0.2) is 9.97 Å². The summed E-state index contributed by atoms with van der Waals surface area (Å²) >= 11 is 0. The van der Waals surface area contributed by atoms with Gasteiger partial charge in [-0.2, -0.15) is 0 Å². The summed E-state index contributed by atoms with van der Waals surface area (Å²) in [4.78, 5) is 40.5. The largest absolute Gasteiger partial charge is 0.351 e. The Hall–Kier alpha value is -3.87. The van der Waals surface area contributed by atoms with Gasteiger partial charge < -0.3 is 10.2 Å². The Labute approximate surface area is 179 Å². The number of β-lactam (4-membered cyclic amide) rings is 1. The first-order valence-electron chi connectivity index (χ1n) is 10.2. The van der Waals surface area contributed by atoms with E-state index in [9.17, 15) is 9.59 Å². The lowest BCUT2D eigenvalue weighted by Gasteiger charge is -2.45. The second-order valence-corrected chi connectivity index (χ2v) is 7.65. The number of benzene rings is 2. The van der Waals surface area contributed by atoms with Crippen molar-refractivity contribution in [2.75, 3.05) is 6.54 Å². The van der Waals surface area contributed by atoms with Gasteiger partial charge >= 0.3 is 0 Å². The molecule has 7 nitrogen and oxygen atoms in total. The monoisotopic (exact) mass is 411 g/mol. The van der Waals surface area contributed by atoms with Crippen LogP contribution in [0.2, 0.25) is 0 Å². The fourth-order valence-corrected chi connectivity index (χ4v) is 4.19. The van der Waals surface area contributed by atoms with Gasteiger partial charge in [0.05, 0.1) is 18.2 Å². The molecule has 0 radical (unpaired) electrons. The maximum atomic E-state index is 13.4. The van der Waals surface area contributed by atoms with Gasteiger partial charge in [0, 0.05) is 24.5 Å². The molecule has 1 fully saturated rings. The third-order valence-electron chi connectivity index (χ3n) is 5.77. The van der Waals surface area contributed by atoms with Crippen LogP contribution in [0.1, 0.15) is 46.9 Å². The van der Waals surface area contributed by atoms with Crippen LogP contribution in [0.3, 0.4) is 0 Å². The highest BCUT2D eigenvalue weighted by Crippen LogP contribution is 2.41. The Morgan fingerprint density at radius 3 is 2.58 bits per heavy atom. The highest BCUT2D eigenvalue weighted by Gasteiger charge is 2.45. The second kappa shape index (κ2) is 8.10. The number of hydrogen-bond acceptors (Lipinski definition) is 5. The molecule has 0 saturated carbocycles. The molecule has 3 atom stereocenters. The number of carbonyl (C=O) groups excluding carboxylic acids is 2. The third-order valence-corrected chi connectivity index (χ3v) is 5.77. The van der Waals surface area contributed by atoms with Gasteiger partial charge in [0.15, 0.2) is 0 Å². The Balaban J connectivity index is 1.39. The molecule has 154 valence electrons. The van der Waals surface area contributed by atoms with E-state index in [2.05, 4.69) is 20.3 Å². The van der Waals surface area contributed by atoms with Crippen LogP contribution in [-0.2, 0) is 9.59 Å². The summed E-state index contributed by atoms with van der Waals surface area (Å²) in [6.07, 6.45) is 5.32. The van der Waals surface area contributed by atoms with Gasteiger partial charge in [0.2, 0.25) is 11.8 Å². The van der Waals surface area contributed by atoms with E-state index in [4.69, 9.17) is 0 Å². The van der Waals surface area contributed by atoms with Crippen molar-refractivity contribution in [2.45, 2.75) is 24.5 Å². The number of hydrogen-bond donors (Lipinski definition) is 1. The number of amides is 2. The maximum Gasteiger partial charge on any atom is 0.247 e. The lowest BCUT2D eigenvalue weighted by Crippen LogP contribution is -2.53. The fourth-order valence-electron chi connectivity index (χ4n) is 4.19. The van der Waals surface area contributed by atoms with Crippen molar-refractivity contribution in [3.8, 4) is 0 Å². The van der Waals surface area contributed by atoms with Crippen LogP contribution >= 0.6 is 0 Å². The van der Waals surface area contributed by atoms with E-state index in [1.54, 1.807) is 17.3 Å². The highest BCUT2D eigenvalue weighted by molar-refractivity contribution is 5.92. The second-order valence-electron chi connectivity index (χ2n) is 7.65. The zero-order chi connectivity index (χ0) is 21.2. The van der Waals surface area contributed by atoms with E-state index < -0.39 is 6.04 Å². The molecule has 2 amide bonds. The van der Waals surface area contributed by atoms with Gasteiger partial charge in [-0.15, -0.1) is 0 Å². The fraction of sp³-hybridized carbons (Fsp3) is 0.208. The minimum atomic E-state index is -0.706. The molecule has 3 unspecified atom stereocenters. The van der Waals surface area contributed by atoms with Gasteiger partial charge in [-0.05, 0) is 11.1 Å². The number of aromatic nitrogens is 2. The van der Waals surface area contributed by atoms with Crippen LogP contribution in [0.4, 0.5) is 0 Å². The average Bonchev–Trinajstić information content (AvgIpc) is 3.23. The summed E-state index contributed by atoms with van der Waals surface area (Å²) in [5, 5.41) is 3.00. The SMILES string of the molecule is O=C(NCC1N=Cc2cncnc21)C(c1ccccc1)N1C(=O)CC1c1ccccc1. The first-order valence-corrected chi connectivity index (χ1v) is 10.2. The zero-order valence-corrected chi connectivity index (χ0v) is 16.8. The summed E-state index contributed by atoms with van der Waals surface area (Å²) in [6, 6.07) is 18.2. The summed E-state index contributed by atoms with van der Waals surface area (Å²) in [7, 11) is 0. The standard InChI is InChI=1S/C24H21N5O2/c30-21-11-20(16-7-3-1-4-8-16)29(21)23(17-9-5-2-6-10-17)24(31)27-14-19-22-18(13-26-19)12-25-15-28-22/h1-10,12-13,15,19-20,23H,11,14H2,(H,27,31). The first-order chi connectivity index (χ1) is 15.2. The molecule has 2 aliphatic heterocycles. The summed E-state index contributed by atoms with van der Waals surface area (Å²) in [5.41, 5.74) is 3.48. The molecule has 7 heteroatoms. The van der Waals surface area contributed by atoms with Crippen molar-refractivity contribution < 1.29 is 9.59 Å². The number of aliphatic imine (C=N–C) groups is 1. The molecule has 31 heavy (non-hydrogen) atoms.